The minimum absolute atomic E-state index is 0.0566. The lowest BCUT2D eigenvalue weighted by atomic mass is 10.1. The number of carbonyl (C=O) groups excluding carboxylic acids is 3. The highest BCUT2D eigenvalue weighted by Gasteiger charge is 2.24. The molecule has 3 amide bonds. The maximum atomic E-state index is 12.3. The van der Waals surface area contributed by atoms with Gasteiger partial charge in [-0.05, 0) is 38.8 Å². The van der Waals surface area contributed by atoms with Crippen LogP contribution in [0.3, 0.4) is 0 Å². The van der Waals surface area contributed by atoms with Gasteiger partial charge in [-0.2, -0.15) is 0 Å². The van der Waals surface area contributed by atoms with Crippen LogP contribution in [0.4, 0.5) is 4.79 Å². The zero-order valence-corrected chi connectivity index (χ0v) is 15.7. The minimum Gasteiger partial charge on any atom is -0.449 e. The molecule has 2 N–H and O–H groups in total. The van der Waals surface area contributed by atoms with Crippen LogP contribution < -0.4 is 16.1 Å². The molecule has 0 bridgehead atoms. The number of hydrogen-bond donors (Lipinski definition) is 2. The Morgan fingerprint density at radius 1 is 1.18 bits per heavy atom. The molecule has 0 radical (unpaired) electrons. The fourth-order valence-electron chi connectivity index (χ4n) is 3.15. The highest BCUT2D eigenvalue weighted by Crippen LogP contribution is 2.17. The van der Waals surface area contributed by atoms with Gasteiger partial charge in [0.2, 0.25) is 5.76 Å². The third kappa shape index (κ3) is 4.57. The molecule has 28 heavy (non-hydrogen) atoms. The Morgan fingerprint density at radius 2 is 1.89 bits per heavy atom. The first kappa shape index (κ1) is 19.6. The highest BCUT2D eigenvalue weighted by molar-refractivity contribution is 5.98. The zero-order chi connectivity index (χ0) is 20.3. The largest absolute Gasteiger partial charge is 0.449 e. The van der Waals surface area contributed by atoms with Gasteiger partial charge in [0.15, 0.2) is 11.5 Å². The molecule has 8 nitrogen and oxygen atoms in total. The van der Waals surface area contributed by atoms with E-state index in [1.165, 1.54) is 6.92 Å². The summed E-state index contributed by atoms with van der Waals surface area (Å²) in [6, 6.07) is 5.47. The van der Waals surface area contributed by atoms with Crippen LogP contribution in [0.25, 0.3) is 11.0 Å². The molecule has 148 valence electrons. The van der Waals surface area contributed by atoms with E-state index < -0.39 is 24.0 Å². The normalized spacial score (nSPS) is 15.2. The van der Waals surface area contributed by atoms with Gasteiger partial charge >= 0.3 is 12.0 Å². The lowest BCUT2D eigenvalue weighted by Crippen LogP contribution is -2.47. The number of hydrogen-bond acceptors (Lipinski definition) is 6. The average Bonchev–Trinajstić information content (AvgIpc) is 3.14. The summed E-state index contributed by atoms with van der Waals surface area (Å²) in [5, 5.41) is 5.22. The quantitative estimate of drug-likeness (QED) is 0.780. The van der Waals surface area contributed by atoms with Crippen molar-refractivity contribution in [3.05, 3.63) is 45.8 Å². The predicted molar refractivity (Wildman–Crippen MR) is 101 cm³/mol. The first-order valence-corrected chi connectivity index (χ1v) is 9.20. The van der Waals surface area contributed by atoms with Gasteiger partial charge in [-0.25, -0.2) is 9.59 Å². The molecule has 1 saturated carbocycles. The van der Waals surface area contributed by atoms with Gasteiger partial charge in [-0.15, -0.1) is 0 Å². The lowest BCUT2D eigenvalue weighted by molar-refractivity contribution is -0.128. The highest BCUT2D eigenvalue weighted by atomic mass is 16.6. The Labute approximate surface area is 161 Å². The van der Waals surface area contributed by atoms with Crippen LogP contribution in [-0.4, -0.2) is 30.1 Å². The number of aryl methyl sites for hydroxylation is 1. The van der Waals surface area contributed by atoms with Crippen LogP contribution in [0, 0.1) is 6.92 Å². The summed E-state index contributed by atoms with van der Waals surface area (Å²) >= 11 is 0. The summed E-state index contributed by atoms with van der Waals surface area (Å²) in [7, 11) is 0. The number of fused-ring (bicyclic) bond motifs is 1. The second-order valence-electron chi connectivity index (χ2n) is 6.97. The van der Waals surface area contributed by atoms with E-state index in [9.17, 15) is 19.2 Å². The Balaban J connectivity index is 1.62. The molecule has 2 aromatic rings. The van der Waals surface area contributed by atoms with E-state index in [1.807, 2.05) is 6.92 Å². The van der Waals surface area contributed by atoms with Crippen molar-refractivity contribution >= 4 is 28.9 Å². The molecule has 1 aromatic carbocycles. The van der Waals surface area contributed by atoms with E-state index in [-0.39, 0.29) is 22.8 Å². The van der Waals surface area contributed by atoms with Crippen molar-refractivity contribution in [3.8, 4) is 0 Å². The fraction of sp³-hybridized carbons (Fsp3) is 0.400. The van der Waals surface area contributed by atoms with Crippen molar-refractivity contribution in [2.24, 2.45) is 0 Å². The van der Waals surface area contributed by atoms with E-state index in [0.29, 0.717) is 5.39 Å². The van der Waals surface area contributed by atoms with Crippen LogP contribution in [0.2, 0.25) is 0 Å². The summed E-state index contributed by atoms with van der Waals surface area (Å²) in [4.78, 5) is 48.4. The number of nitrogens with one attached hydrogen (secondary N) is 2. The van der Waals surface area contributed by atoms with Crippen LogP contribution in [0.1, 0.15) is 48.7 Å². The van der Waals surface area contributed by atoms with Crippen LogP contribution in [-0.2, 0) is 9.53 Å². The van der Waals surface area contributed by atoms with Gasteiger partial charge in [0.05, 0.1) is 5.39 Å². The number of ether oxygens (including phenoxy) is 1. The molecule has 0 unspecified atom stereocenters. The van der Waals surface area contributed by atoms with E-state index in [4.69, 9.17) is 9.15 Å². The van der Waals surface area contributed by atoms with Gasteiger partial charge in [0.25, 0.3) is 5.91 Å². The number of rotatable bonds is 4. The molecule has 0 aliphatic heterocycles. The van der Waals surface area contributed by atoms with Crippen molar-refractivity contribution in [2.45, 2.75) is 51.7 Å². The number of imide groups is 1. The van der Waals surface area contributed by atoms with Crippen molar-refractivity contribution in [1.29, 1.82) is 0 Å². The predicted octanol–water partition coefficient (Wildman–Crippen LogP) is 2.42. The molecule has 1 fully saturated rings. The smallest absolute Gasteiger partial charge is 0.375 e. The Kier molecular flexibility index (Phi) is 5.77. The molecule has 1 aliphatic carbocycles. The Hall–Kier alpha value is -3.16. The summed E-state index contributed by atoms with van der Waals surface area (Å²) in [5.41, 5.74) is 0.749. The lowest BCUT2D eigenvalue weighted by Gasteiger charge is -2.15. The van der Waals surface area contributed by atoms with Crippen molar-refractivity contribution in [3.63, 3.8) is 0 Å². The molecule has 1 atom stereocenters. The van der Waals surface area contributed by atoms with Crippen LogP contribution in [0.5, 0.6) is 0 Å². The standard InChI is InChI=1S/C20H22N2O6/c1-11-7-8-16-14(9-11)15(23)10-17(28-16)19(25)27-12(2)18(24)22-20(26)21-13-5-3-4-6-13/h7-10,12-13H,3-6H2,1-2H3,(H2,21,22,24,26)/t12-/m0/s1. The van der Waals surface area contributed by atoms with Crippen LogP contribution >= 0.6 is 0 Å². The molecule has 3 rings (SSSR count). The molecule has 0 saturated heterocycles. The molecule has 1 aliphatic rings. The van der Waals surface area contributed by atoms with E-state index in [2.05, 4.69) is 10.6 Å². The van der Waals surface area contributed by atoms with Crippen molar-refractivity contribution in [1.82, 2.24) is 10.6 Å². The first-order valence-electron chi connectivity index (χ1n) is 9.20. The summed E-state index contributed by atoms with van der Waals surface area (Å²) < 4.78 is 10.5. The van der Waals surface area contributed by atoms with Gasteiger partial charge < -0.3 is 14.5 Å². The third-order valence-electron chi connectivity index (χ3n) is 4.66. The second kappa shape index (κ2) is 8.24. The average molecular weight is 386 g/mol. The molecule has 8 heteroatoms. The zero-order valence-electron chi connectivity index (χ0n) is 15.7. The number of esters is 1. The van der Waals surface area contributed by atoms with E-state index in [1.54, 1.807) is 18.2 Å². The number of benzene rings is 1. The molecule has 1 aromatic heterocycles. The molecule has 1 heterocycles. The fourth-order valence-corrected chi connectivity index (χ4v) is 3.15. The SMILES string of the molecule is Cc1ccc2oc(C(=O)O[C@@H](C)C(=O)NC(=O)NC3CCCC3)cc(=O)c2c1. The Morgan fingerprint density at radius 3 is 2.61 bits per heavy atom. The van der Waals surface area contributed by atoms with E-state index >= 15 is 0 Å². The number of urea groups is 1. The van der Waals surface area contributed by atoms with Gasteiger partial charge in [0, 0.05) is 12.1 Å². The van der Waals surface area contributed by atoms with Crippen molar-refractivity contribution < 1.29 is 23.5 Å². The van der Waals surface area contributed by atoms with Gasteiger partial charge in [-0.1, -0.05) is 24.5 Å². The summed E-state index contributed by atoms with van der Waals surface area (Å²) in [6.45, 7) is 3.17. The number of carbonyl (C=O) groups is 3. The second-order valence-corrected chi connectivity index (χ2v) is 6.97. The molecular weight excluding hydrogens is 364 g/mol. The van der Waals surface area contributed by atoms with Gasteiger partial charge in [0.1, 0.15) is 5.58 Å². The van der Waals surface area contributed by atoms with E-state index in [0.717, 1.165) is 37.3 Å². The summed E-state index contributed by atoms with van der Waals surface area (Å²) in [6.07, 6.45) is 2.62. The van der Waals surface area contributed by atoms with Gasteiger partial charge in [-0.3, -0.25) is 14.9 Å². The topological polar surface area (TPSA) is 115 Å². The maximum Gasteiger partial charge on any atom is 0.375 e. The van der Waals surface area contributed by atoms with Crippen molar-refractivity contribution in [2.75, 3.05) is 0 Å². The third-order valence-corrected chi connectivity index (χ3v) is 4.66. The Bertz CT molecular complexity index is 974. The molecular formula is C20H22N2O6. The molecule has 0 spiro atoms. The summed E-state index contributed by atoms with van der Waals surface area (Å²) in [5.74, 6) is -2.03. The monoisotopic (exact) mass is 386 g/mol. The van der Waals surface area contributed by atoms with Crippen LogP contribution in [0.15, 0.2) is 33.5 Å². The minimum atomic E-state index is -1.24. The first-order chi connectivity index (χ1) is 13.3. The number of amides is 3. The maximum absolute atomic E-state index is 12.3.